The van der Waals surface area contributed by atoms with Crippen molar-refractivity contribution in [3.05, 3.63) is 83.7 Å². The molecule has 1 amide bonds. The highest BCUT2D eigenvalue weighted by Crippen LogP contribution is 2.40. The van der Waals surface area contributed by atoms with Crippen LogP contribution in [0.15, 0.2) is 66.4 Å². The number of hydrogen-bond acceptors (Lipinski definition) is 7. The number of aliphatic imine (C=N–C) groups is 1. The normalized spacial score (nSPS) is 17.5. The maximum atomic E-state index is 14.2. The molecule has 0 radical (unpaired) electrons. The van der Waals surface area contributed by atoms with Crippen molar-refractivity contribution in [1.29, 1.82) is 0 Å². The molecule has 0 bridgehead atoms. The number of nitrogens with one attached hydrogen (secondary N) is 3. The number of allylic oxidation sites excluding steroid dienone is 1. The predicted molar refractivity (Wildman–Crippen MR) is 169 cm³/mol. The number of benzene rings is 2. The Morgan fingerprint density at radius 3 is 2.53 bits per heavy atom. The standard InChI is InChI=1S/C29H35F2N7O2.C3H6/c1-6-33-26(9-18(3)32-5)38-28(34-16-35-38)37-25-14-19(8-7-17(25)2)27(40)36-23-11-20(21-12-24(39)13-21)10-22(15-23)29(4,30)31;1-3-2/h6-11,14-16,18,21,24,32,39H,12-13H2,1-5H3,(H,36,40)(H,34,35,37);3H,1H2,2H3/b26-9+,33-6-;. The number of alkyl halides is 2. The molecule has 2 aromatic carbocycles. The maximum absolute atomic E-state index is 14.2. The van der Waals surface area contributed by atoms with Crippen LogP contribution in [0.5, 0.6) is 0 Å². The van der Waals surface area contributed by atoms with Gasteiger partial charge in [-0.25, -0.2) is 13.8 Å². The third kappa shape index (κ3) is 8.89. The largest absolute Gasteiger partial charge is 0.393 e. The Kier molecular flexibility index (Phi) is 11.4. The molecule has 11 heteroatoms. The second kappa shape index (κ2) is 14.8. The van der Waals surface area contributed by atoms with Gasteiger partial charge in [0.2, 0.25) is 5.95 Å². The first kappa shape index (κ1) is 33.3. The molecule has 0 aliphatic heterocycles. The lowest BCUT2D eigenvalue weighted by Crippen LogP contribution is -2.27. The molecule has 1 atom stereocenters. The van der Waals surface area contributed by atoms with E-state index in [0.29, 0.717) is 41.4 Å². The van der Waals surface area contributed by atoms with Crippen molar-refractivity contribution in [3.8, 4) is 0 Å². The fourth-order valence-electron chi connectivity index (χ4n) is 4.40. The van der Waals surface area contributed by atoms with E-state index < -0.39 is 17.9 Å². The summed E-state index contributed by atoms with van der Waals surface area (Å²) in [4.78, 5) is 22.0. The molecule has 1 saturated carbocycles. The number of likely N-dealkylation sites (N-methyl/N-ethyl adjacent to an activating group) is 1. The van der Waals surface area contributed by atoms with E-state index in [4.69, 9.17) is 0 Å². The minimum atomic E-state index is -3.07. The lowest BCUT2D eigenvalue weighted by molar-refractivity contribution is 0.0172. The van der Waals surface area contributed by atoms with Crippen molar-refractivity contribution in [2.45, 2.75) is 71.4 Å². The summed E-state index contributed by atoms with van der Waals surface area (Å²) in [5.74, 6) is -2.56. The van der Waals surface area contributed by atoms with Gasteiger partial charge in [0.1, 0.15) is 6.33 Å². The predicted octanol–water partition coefficient (Wildman–Crippen LogP) is 6.62. The zero-order valence-corrected chi connectivity index (χ0v) is 25.5. The Labute approximate surface area is 251 Å². The van der Waals surface area contributed by atoms with Crippen LogP contribution in [-0.2, 0) is 5.92 Å². The molecule has 4 rings (SSSR count). The van der Waals surface area contributed by atoms with Gasteiger partial charge in [-0.1, -0.05) is 12.1 Å². The summed E-state index contributed by atoms with van der Waals surface area (Å²) in [7, 11) is 1.84. The highest BCUT2D eigenvalue weighted by Gasteiger charge is 2.32. The van der Waals surface area contributed by atoms with Crippen molar-refractivity contribution >= 4 is 35.3 Å². The molecule has 0 spiro atoms. The summed E-state index contributed by atoms with van der Waals surface area (Å²) in [5.41, 5.74) is 2.59. The lowest BCUT2D eigenvalue weighted by Gasteiger charge is -2.32. The summed E-state index contributed by atoms with van der Waals surface area (Å²) in [5, 5.41) is 23.1. The zero-order valence-electron chi connectivity index (χ0n) is 25.5. The van der Waals surface area contributed by atoms with Gasteiger partial charge in [-0.05, 0) is 101 Å². The van der Waals surface area contributed by atoms with E-state index in [0.717, 1.165) is 12.5 Å². The average molecular weight is 594 g/mol. The molecule has 4 N–H and O–H groups in total. The van der Waals surface area contributed by atoms with Crippen LogP contribution in [0.2, 0.25) is 0 Å². The van der Waals surface area contributed by atoms with Crippen LogP contribution in [0.25, 0.3) is 5.82 Å². The molecule has 43 heavy (non-hydrogen) atoms. The molecule has 9 nitrogen and oxygen atoms in total. The zero-order chi connectivity index (χ0) is 31.7. The molecular formula is C32H41F2N7O2. The van der Waals surface area contributed by atoms with Crippen molar-refractivity contribution < 1.29 is 18.7 Å². The van der Waals surface area contributed by atoms with Crippen molar-refractivity contribution in [2.24, 2.45) is 4.99 Å². The van der Waals surface area contributed by atoms with Crippen LogP contribution in [-0.4, -0.2) is 51.2 Å². The fraction of sp³-hybridized carbons (Fsp3) is 0.375. The highest BCUT2D eigenvalue weighted by molar-refractivity contribution is 6.05. The topological polar surface area (TPSA) is 116 Å². The van der Waals surface area contributed by atoms with E-state index in [1.54, 1.807) is 41.2 Å². The molecule has 1 aliphatic rings. The van der Waals surface area contributed by atoms with Gasteiger partial charge < -0.3 is 21.1 Å². The van der Waals surface area contributed by atoms with E-state index in [1.807, 2.05) is 40.8 Å². The van der Waals surface area contributed by atoms with E-state index in [1.165, 1.54) is 18.5 Å². The summed E-state index contributed by atoms with van der Waals surface area (Å²) in [6.45, 7) is 11.8. The number of anilines is 3. The average Bonchev–Trinajstić information content (AvgIpc) is 3.40. The smallest absolute Gasteiger partial charge is 0.270 e. The molecule has 1 heterocycles. The Morgan fingerprint density at radius 1 is 1.23 bits per heavy atom. The van der Waals surface area contributed by atoms with E-state index in [2.05, 4.69) is 37.6 Å². The molecular weight excluding hydrogens is 552 g/mol. The highest BCUT2D eigenvalue weighted by atomic mass is 19.3. The minimum Gasteiger partial charge on any atom is -0.393 e. The third-order valence-corrected chi connectivity index (χ3v) is 6.93. The van der Waals surface area contributed by atoms with Gasteiger partial charge in [-0.3, -0.25) is 4.79 Å². The number of carbonyl (C=O) groups is 1. The van der Waals surface area contributed by atoms with Gasteiger partial charge in [0.25, 0.3) is 11.8 Å². The number of halogens is 2. The Hall–Kier alpha value is -4.22. The summed E-state index contributed by atoms with van der Waals surface area (Å²) < 4.78 is 30.1. The van der Waals surface area contributed by atoms with Crippen molar-refractivity contribution in [2.75, 3.05) is 17.7 Å². The molecule has 3 aromatic rings. The van der Waals surface area contributed by atoms with Gasteiger partial charge in [0, 0.05) is 41.7 Å². The molecule has 1 aliphatic carbocycles. The Morgan fingerprint density at radius 2 is 1.93 bits per heavy atom. The lowest BCUT2D eigenvalue weighted by atomic mass is 9.77. The van der Waals surface area contributed by atoms with E-state index in [9.17, 15) is 18.7 Å². The van der Waals surface area contributed by atoms with Gasteiger partial charge in [-0.2, -0.15) is 14.8 Å². The number of rotatable bonds is 10. The monoisotopic (exact) mass is 593 g/mol. The molecule has 230 valence electrons. The van der Waals surface area contributed by atoms with E-state index >= 15 is 0 Å². The van der Waals surface area contributed by atoms with Crippen LogP contribution in [0, 0.1) is 6.92 Å². The second-order valence-electron chi connectivity index (χ2n) is 10.6. The van der Waals surface area contributed by atoms with Gasteiger partial charge in [0.15, 0.2) is 5.82 Å². The Balaban J connectivity index is 0.00000162. The fourth-order valence-corrected chi connectivity index (χ4v) is 4.40. The first-order valence-electron chi connectivity index (χ1n) is 14.2. The first-order chi connectivity index (χ1) is 20.4. The third-order valence-electron chi connectivity index (χ3n) is 6.93. The van der Waals surface area contributed by atoms with Crippen LogP contribution >= 0.6 is 0 Å². The van der Waals surface area contributed by atoms with Gasteiger partial charge in [0.05, 0.1) is 6.10 Å². The maximum Gasteiger partial charge on any atom is 0.270 e. The van der Waals surface area contributed by atoms with Crippen molar-refractivity contribution in [1.82, 2.24) is 20.1 Å². The van der Waals surface area contributed by atoms with Crippen molar-refractivity contribution in [3.63, 3.8) is 0 Å². The van der Waals surface area contributed by atoms with Crippen LogP contribution in [0.4, 0.5) is 26.1 Å². The van der Waals surface area contributed by atoms with E-state index in [-0.39, 0.29) is 23.2 Å². The number of aliphatic hydroxyl groups excluding tert-OH is 1. The molecule has 1 aromatic heterocycles. The van der Waals surface area contributed by atoms with Gasteiger partial charge in [-0.15, -0.1) is 6.58 Å². The summed E-state index contributed by atoms with van der Waals surface area (Å²) in [6.07, 6.45) is 7.33. The number of aromatic nitrogens is 3. The van der Waals surface area contributed by atoms with Crippen LogP contribution < -0.4 is 16.0 Å². The number of hydrogen-bond donors (Lipinski definition) is 4. The summed E-state index contributed by atoms with van der Waals surface area (Å²) >= 11 is 0. The first-order valence-corrected chi connectivity index (χ1v) is 14.2. The molecule has 1 fully saturated rings. The molecule has 1 unspecified atom stereocenters. The number of carbonyl (C=O) groups excluding carboxylic acids is 1. The number of amides is 1. The number of aryl methyl sites for hydroxylation is 1. The van der Waals surface area contributed by atoms with Crippen LogP contribution in [0.1, 0.15) is 73.5 Å². The Bertz CT molecular complexity index is 1470. The van der Waals surface area contributed by atoms with Gasteiger partial charge >= 0.3 is 0 Å². The SMILES string of the molecule is C/C=N\C(=C/C(C)NC)n1ncnc1Nc1cc(C(=O)Nc2cc(C3CC(O)C3)cc(C(C)(F)F)c2)ccc1C.C=CC. The summed E-state index contributed by atoms with van der Waals surface area (Å²) in [6, 6.07) is 9.62. The van der Waals surface area contributed by atoms with Crippen LogP contribution in [0.3, 0.4) is 0 Å². The quantitative estimate of drug-likeness (QED) is 0.155. The second-order valence-corrected chi connectivity index (χ2v) is 10.6. The number of aliphatic hydroxyl groups is 1. The number of nitrogens with zero attached hydrogens (tertiary/aromatic N) is 4. The molecule has 0 saturated heterocycles. The minimum absolute atomic E-state index is 0.0208.